The van der Waals surface area contributed by atoms with E-state index >= 15 is 0 Å². The molecule has 1 amide bonds. The van der Waals surface area contributed by atoms with Gasteiger partial charge in [-0.15, -0.1) is 0 Å². The maximum atomic E-state index is 12.9. The number of aryl methyl sites for hydroxylation is 1. The number of nitro groups is 1. The van der Waals surface area contributed by atoms with Crippen LogP contribution in [0.5, 0.6) is 0 Å². The lowest BCUT2D eigenvalue weighted by molar-refractivity contribution is -0.384. The van der Waals surface area contributed by atoms with Crippen molar-refractivity contribution in [2.45, 2.75) is 25.7 Å². The van der Waals surface area contributed by atoms with Crippen LogP contribution in [0, 0.1) is 10.1 Å². The Morgan fingerprint density at radius 1 is 1.24 bits per heavy atom. The Bertz CT molecular complexity index is 1470. The second kappa shape index (κ2) is 8.60. The molecule has 1 aliphatic carbocycles. The molecule has 3 aromatic heterocycles. The van der Waals surface area contributed by atoms with Gasteiger partial charge in [0.1, 0.15) is 16.5 Å². The molecule has 4 aromatic rings. The third-order valence-electron chi connectivity index (χ3n) is 5.51. The van der Waals surface area contributed by atoms with Gasteiger partial charge in [-0.05, 0) is 49.9 Å². The van der Waals surface area contributed by atoms with Crippen LogP contribution in [-0.4, -0.2) is 30.6 Å². The summed E-state index contributed by atoms with van der Waals surface area (Å²) in [5.41, 5.74) is 1.14. The third kappa shape index (κ3) is 3.97. The van der Waals surface area contributed by atoms with Gasteiger partial charge in [-0.1, -0.05) is 11.6 Å². The van der Waals surface area contributed by atoms with Gasteiger partial charge in [0.2, 0.25) is 5.95 Å². The van der Waals surface area contributed by atoms with Crippen molar-refractivity contribution in [2.24, 2.45) is 0 Å². The second-order valence-corrected chi connectivity index (χ2v) is 8.11. The van der Waals surface area contributed by atoms with Crippen molar-refractivity contribution in [2.75, 3.05) is 5.32 Å². The molecule has 0 atom stereocenters. The first-order valence-electron chi connectivity index (χ1n) is 10.4. The number of fused-ring (bicyclic) bond motifs is 1. The molecule has 0 unspecified atom stereocenters. The Morgan fingerprint density at radius 2 is 2.06 bits per heavy atom. The Hall–Kier alpha value is -4.25. The van der Waals surface area contributed by atoms with Crippen LogP contribution >= 0.6 is 11.6 Å². The minimum atomic E-state index is -0.667. The van der Waals surface area contributed by atoms with Gasteiger partial charge >= 0.3 is 0 Å². The zero-order valence-corrected chi connectivity index (χ0v) is 18.3. The van der Waals surface area contributed by atoms with Crippen molar-refractivity contribution < 1.29 is 14.1 Å². The van der Waals surface area contributed by atoms with Gasteiger partial charge in [0, 0.05) is 23.3 Å². The smallest absolute Gasteiger partial charge is 0.288 e. The molecule has 0 radical (unpaired) electrons. The molecule has 5 rings (SSSR count). The number of anilines is 1. The molecule has 0 spiro atoms. The van der Waals surface area contributed by atoms with Gasteiger partial charge in [0.05, 0.1) is 16.9 Å². The van der Waals surface area contributed by atoms with Crippen molar-refractivity contribution in [1.82, 2.24) is 19.7 Å². The lowest BCUT2D eigenvalue weighted by Crippen LogP contribution is -2.24. The van der Waals surface area contributed by atoms with Crippen LogP contribution < -0.4 is 10.9 Å². The van der Waals surface area contributed by atoms with Crippen LogP contribution in [0.4, 0.5) is 11.5 Å². The molecule has 34 heavy (non-hydrogen) atoms. The largest absolute Gasteiger partial charge is 0.463 e. The van der Waals surface area contributed by atoms with Crippen LogP contribution in [0.15, 0.2) is 51.9 Å². The van der Waals surface area contributed by atoms with Crippen molar-refractivity contribution in [1.29, 1.82) is 0 Å². The predicted octanol–water partition coefficient (Wildman–Crippen LogP) is 3.91. The number of H-pyrrole nitrogens is 1. The minimum Gasteiger partial charge on any atom is -0.463 e. The zero-order valence-electron chi connectivity index (χ0n) is 17.6. The molecular weight excluding hydrogens is 464 g/mol. The molecular formula is C22H17ClN6O5. The van der Waals surface area contributed by atoms with Gasteiger partial charge in [-0.2, -0.15) is 9.78 Å². The summed E-state index contributed by atoms with van der Waals surface area (Å²) < 4.78 is 6.71. The SMILES string of the molecule is O=C(Nc1cc(-c2ccco2)nn1-c1nc2c(c(=O)[nH]1)CCCC2)c1ccc(Cl)c([N+](=O)[O-])c1. The number of halogens is 1. The van der Waals surface area contributed by atoms with Gasteiger partial charge in [-0.3, -0.25) is 24.7 Å². The number of nitro benzene ring substituents is 1. The third-order valence-corrected chi connectivity index (χ3v) is 5.83. The van der Waals surface area contributed by atoms with E-state index in [0.29, 0.717) is 35.6 Å². The number of hydrogen-bond donors (Lipinski definition) is 2. The Morgan fingerprint density at radius 3 is 2.82 bits per heavy atom. The van der Waals surface area contributed by atoms with E-state index in [2.05, 4.69) is 20.4 Å². The fraction of sp³-hybridized carbons (Fsp3) is 0.182. The molecule has 3 heterocycles. The van der Waals surface area contributed by atoms with Crippen molar-refractivity contribution in [3.05, 3.63) is 85.0 Å². The summed E-state index contributed by atoms with van der Waals surface area (Å²) in [7, 11) is 0. The number of hydrogen-bond acceptors (Lipinski definition) is 7. The quantitative estimate of drug-likeness (QED) is 0.325. The average Bonchev–Trinajstić information content (AvgIpc) is 3.49. The highest BCUT2D eigenvalue weighted by Crippen LogP contribution is 2.28. The lowest BCUT2D eigenvalue weighted by Gasteiger charge is -2.15. The van der Waals surface area contributed by atoms with Crippen LogP contribution in [0.1, 0.15) is 34.5 Å². The van der Waals surface area contributed by atoms with Crippen LogP contribution in [0.3, 0.4) is 0 Å². The topological polar surface area (TPSA) is 149 Å². The monoisotopic (exact) mass is 480 g/mol. The highest BCUT2D eigenvalue weighted by Gasteiger charge is 2.22. The summed E-state index contributed by atoms with van der Waals surface area (Å²) in [6, 6.07) is 8.69. The molecule has 12 heteroatoms. The first kappa shape index (κ1) is 21.6. The van der Waals surface area contributed by atoms with Crippen molar-refractivity contribution in [3.63, 3.8) is 0 Å². The number of aromatic amines is 1. The number of benzene rings is 1. The van der Waals surface area contributed by atoms with E-state index in [0.717, 1.165) is 18.9 Å². The molecule has 0 aliphatic heterocycles. The molecule has 0 fully saturated rings. The van der Waals surface area contributed by atoms with Gasteiger partial charge in [0.25, 0.3) is 17.2 Å². The van der Waals surface area contributed by atoms with E-state index in [-0.39, 0.29) is 33.6 Å². The zero-order chi connectivity index (χ0) is 23.8. The maximum absolute atomic E-state index is 12.9. The van der Waals surface area contributed by atoms with Crippen LogP contribution in [0.25, 0.3) is 17.4 Å². The number of rotatable bonds is 5. The molecule has 11 nitrogen and oxygen atoms in total. The van der Waals surface area contributed by atoms with Crippen LogP contribution in [0.2, 0.25) is 5.02 Å². The number of carbonyl (C=O) groups is 1. The summed E-state index contributed by atoms with van der Waals surface area (Å²) in [4.78, 5) is 43.5. The molecule has 1 aliphatic rings. The summed E-state index contributed by atoms with van der Waals surface area (Å²) in [5, 5.41) is 18.3. The number of aromatic nitrogens is 4. The van der Waals surface area contributed by atoms with E-state index in [1.807, 2.05) is 0 Å². The maximum Gasteiger partial charge on any atom is 0.288 e. The molecule has 2 N–H and O–H groups in total. The molecule has 0 saturated carbocycles. The highest BCUT2D eigenvalue weighted by molar-refractivity contribution is 6.32. The van der Waals surface area contributed by atoms with Gasteiger partial charge < -0.3 is 9.73 Å². The minimum absolute atomic E-state index is 0.0234. The molecule has 172 valence electrons. The molecule has 0 bridgehead atoms. The summed E-state index contributed by atoms with van der Waals surface area (Å²) >= 11 is 5.85. The molecule has 0 saturated heterocycles. The summed E-state index contributed by atoms with van der Waals surface area (Å²) in [6.07, 6.45) is 4.68. The fourth-order valence-corrected chi connectivity index (χ4v) is 4.04. The highest BCUT2D eigenvalue weighted by atomic mass is 35.5. The number of amides is 1. The van der Waals surface area contributed by atoms with Gasteiger partial charge in [-0.25, -0.2) is 4.98 Å². The fourth-order valence-electron chi connectivity index (χ4n) is 3.85. The van der Waals surface area contributed by atoms with Gasteiger partial charge in [0.15, 0.2) is 5.76 Å². The number of nitrogens with zero attached hydrogens (tertiary/aromatic N) is 4. The van der Waals surface area contributed by atoms with E-state index in [9.17, 15) is 19.7 Å². The molecule has 1 aromatic carbocycles. The number of carbonyl (C=O) groups excluding carboxylic acids is 1. The van der Waals surface area contributed by atoms with E-state index in [1.54, 1.807) is 18.2 Å². The lowest BCUT2D eigenvalue weighted by atomic mass is 9.97. The first-order valence-corrected chi connectivity index (χ1v) is 10.8. The second-order valence-electron chi connectivity index (χ2n) is 7.70. The first-order chi connectivity index (χ1) is 16.4. The van der Waals surface area contributed by atoms with Crippen molar-refractivity contribution >= 4 is 29.0 Å². The van der Waals surface area contributed by atoms with Crippen LogP contribution in [-0.2, 0) is 12.8 Å². The Balaban J connectivity index is 1.57. The summed E-state index contributed by atoms with van der Waals surface area (Å²) in [6.45, 7) is 0. The Kier molecular flexibility index (Phi) is 5.46. The predicted molar refractivity (Wildman–Crippen MR) is 122 cm³/mol. The van der Waals surface area contributed by atoms with Crippen molar-refractivity contribution in [3.8, 4) is 17.4 Å². The average molecular weight is 481 g/mol. The standard InChI is InChI=1S/C22H17ClN6O5/c23-14-8-7-12(10-17(14)29(32)33)20(30)25-19-11-16(18-6-3-9-34-18)27-28(19)22-24-15-5-2-1-4-13(15)21(31)26-22/h3,6-11H,1-2,4-5H2,(H,25,30)(H,24,26,31). The van der Waals surface area contributed by atoms with E-state index in [1.165, 1.54) is 23.1 Å². The van der Waals surface area contributed by atoms with E-state index in [4.69, 9.17) is 16.0 Å². The number of nitrogens with one attached hydrogen (secondary N) is 2. The number of furan rings is 1. The normalized spacial score (nSPS) is 12.9. The summed E-state index contributed by atoms with van der Waals surface area (Å²) in [5.74, 6) is 0.137. The van der Waals surface area contributed by atoms with E-state index < -0.39 is 10.8 Å². The Labute approximate surface area is 196 Å².